The maximum absolute atomic E-state index is 11.7. The number of pyridine rings is 1. The predicted molar refractivity (Wildman–Crippen MR) is 53.0 cm³/mol. The molecule has 0 fully saturated rings. The molecular formula is C10H6ClNO3. The number of carbonyl (C=O) groups is 2. The Morgan fingerprint density at radius 3 is 2.73 bits per heavy atom. The van der Waals surface area contributed by atoms with Gasteiger partial charge in [0.1, 0.15) is 10.8 Å². The zero-order valence-corrected chi connectivity index (χ0v) is 8.54. The van der Waals surface area contributed by atoms with Crippen LogP contribution >= 0.6 is 11.6 Å². The van der Waals surface area contributed by atoms with Crippen LogP contribution in [0.5, 0.6) is 0 Å². The Morgan fingerprint density at radius 1 is 1.33 bits per heavy atom. The van der Waals surface area contributed by atoms with Gasteiger partial charge in [-0.1, -0.05) is 11.6 Å². The molecule has 0 aliphatic heterocycles. The summed E-state index contributed by atoms with van der Waals surface area (Å²) in [5.41, 5.74) is 0.303. The number of ether oxygens (including phenoxy) is 1. The van der Waals surface area contributed by atoms with Gasteiger partial charge in [0.05, 0.1) is 12.7 Å². The maximum Gasteiger partial charge on any atom is 0.229 e. The Labute approximate surface area is 90.5 Å². The van der Waals surface area contributed by atoms with Gasteiger partial charge in [0.15, 0.2) is 5.76 Å². The van der Waals surface area contributed by atoms with Crippen molar-refractivity contribution in [2.45, 2.75) is 0 Å². The highest BCUT2D eigenvalue weighted by molar-refractivity contribution is 6.30. The van der Waals surface area contributed by atoms with E-state index in [-0.39, 0.29) is 33.7 Å². The lowest BCUT2D eigenvalue weighted by Crippen LogP contribution is -2.19. The standard InChI is InChI=1S/C10H6ClNO3/c1-15-7-4-6(13)9-5(10(7)14)2-3-8(11)12-9/h2-4H,1H3. The van der Waals surface area contributed by atoms with Crippen LogP contribution in [-0.2, 0) is 4.74 Å². The quantitative estimate of drug-likeness (QED) is 0.680. The van der Waals surface area contributed by atoms with Crippen molar-refractivity contribution in [3.8, 4) is 0 Å². The van der Waals surface area contributed by atoms with Gasteiger partial charge in [-0.05, 0) is 12.1 Å². The largest absolute Gasteiger partial charge is 0.492 e. The first-order chi connectivity index (χ1) is 7.13. The predicted octanol–water partition coefficient (Wildman–Crippen LogP) is 1.64. The molecule has 1 aliphatic carbocycles. The Morgan fingerprint density at radius 2 is 2.07 bits per heavy atom. The monoisotopic (exact) mass is 223 g/mol. The summed E-state index contributed by atoms with van der Waals surface area (Å²) in [6.45, 7) is 0. The van der Waals surface area contributed by atoms with Gasteiger partial charge in [0.2, 0.25) is 11.6 Å². The number of methoxy groups -OCH3 is 1. The lowest BCUT2D eigenvalue weighted by molar-refractivity contribution is 0.0914. The summed E-state index contributed by atoms with van der Waals surface area (Å²) < 4.78 is 4.79. The molecule has 15 heavy (non-hydrogen) atoms. The SMILES string of the molecule is COC1=CC(=O)c2nc(Cl)ccc2C1=O. The lowest BCUT2D eigenvalue weighted by atomic mass is 9.99. The van der Waals surface area contributed by atoms with Crippen molar-refractivity contribution in [2.75, 3.05) is 7.11 Å². The van der Waals surface area contributed by atoms with Crippen LogP contribution in [0.15, 0.2) is 24.0 Å². The zero-order chi connectivity index (χ0) is 11.0. The normalized spacial score (nSPS) is 14.7. The van der Waals surface area contributed by atoms with Gasteiger partial charge in [-0.25, -0.2) is 4.98 Å². The highest BCUT2D eigenvalue weighted by Crippen LogP contribution is 2.21. The van der Waals surface area contributed by atoms with E-state index in [2.05, 4.69) is 4.98 Å². The molecular weight excluding hydrogens is 218 g/mol. The van der Waals surface area contributed by atoms with Crippen LogP contribution in [0, 0.1) is 0 Å². The number of halogens is 1. The average molecular weight is 224 g/mol. The number of hydrogen-bond acceptors (Lipinski definition) is 4. The van der Waals surface area contributed by atoms with Gasteiger partial charge < -0.3 is 4.74 Å². The molecule has 0 amide bonds. The van der Waals surface area contributed by atoms with Crippen molar-refractivity contribution in [1.82, 2.24) is 4.98 Å². The summed E-state index contributed by atoms with van der Waals surface area (Å²) in [6.07, 6.45) is 1.12. The van der Waals surface area contributed by atoms with E-state index in [4.69, 9.17) is 16.3 Å². The summed E-state index contributed by atoms with van der Waals surface area (Å²) in [5, 5.41) is 0.184. The fraction of sp³-hybridized carbons (Fsp3) is 0.100. The van der Waals surface area contributed by atoms with Gasteiger partial charge >= 0.3 is 0 Å². The Hall–Kier alpha value is -1.68. The van der Waals surface area contributed by atoms with E-state index < -0.39 is 0 Å². The van der Waals surface area contributed by atoms with Crippen LogP contribution in [0.4, 0.5) is 0 Å². The van der Waals surface area contributed by atoms with Crippen LogP contribution in [-0.4, -0.2) is 23.7 Å². The van der Waals surface area contributed by atoms with Gasteiger partial charge in [-0.15, -0.1) is 0 Å². The fourth-order valence-electron chi connectivity index (χ4n) is 1.34. The number of rotatable bonds is 1. The van der Waals surface area contributed by atoms with E-state index in [9.17, 15) is 9.59 Å². The van der Waals surface area contributed by atoms with Gasteiger partial charge in [0, 0.05) is 6.08 Å². The van der Waals surface area contributed by atoms with E-state index in [1.807, 2.05) is 0 Å². The molecule has 1 aromatic heterocycles. The summed E-state index contributed by atoms with van der Waals surface area (Å²) >= 11 is 5.63. The second-order valence-electron chi connectivity index (χ2n) is 2.94. The zero-order valence-electron chi connectivity index (χ0n) is 7.78. The van der Waals surface area contributed by atoms with Crippen molar-refractivity contribution in [1.29, 1.82) is 0 Å². The number of fused-ring (bicyclic) bond motifs is 1. The minimum atomic E-state index is -0.371. The number of ketones is 2. The first-order valence-electron chi connectivity index (χ1n) is 4.14. The minimum absolute atomic E-state index is 0.0247. The molecule has 0 aromatic carbocycles. The number of aromatic nitrogens is 1. The van der Waals surface area contributed by atoms with Crippen molar-refractivity contribution in [3.63, 3.8) is 0 Å². The highest BCUT2D eigenvalue weighted by Gasteiger charge is 2.27. The van der Waals surface area contributed by atoms with E-state index in [0.717, 1.165) is 6.08 Å². The summed E-state index contributed by atoms with van der Waals surface area (Å²) in [5.74, 6) is -0.697. The topological polar surface area (TPSA) is 56.3 Å². The Balaban J connectivity index is 2.62. The molecule has 1 heterocycles. The molecule has 0 N–H and O–H groups in total. The Bertz CT molecular complexity index is 493. The molecule has 0 saturated heterocycles. The van der Waals surface area contributed by atoms with Gasteiger partial charge in [0.25, 0.3) is 0 Å². The van der Waals surface area contributed by atoms with Crippen LogP contribution in [0.25, 0.3) is 0 Å². The molecule has 1 aromatic rings. The van der Waals surface area contributed by atoms with Crippen molar-refractivity contribution in [2.24, 2.45) is 0 Å². The van der Waals surface area contributed by atoms with Crippen LogP contribution in [0.3, 0.4) is 0 Å². The smallest absolute Gasteiger partial charge is 0.229 e. The molecule has 0 radical (unpaired) electrons. The summed E-state index contributed by atoms with van der Waals surface area (Å²) in [6, 6.07) is 2.93. The number of nitrogens with zero attached hydrogens (tertiary/aromatic N) is 1. The van der Waals surface area contributed by atoms with E-state index in [1.54, 1.807) is 0 Å². The van der Waals surface area contributed by atoms with Crippen LogP contribution < -0.4 is 0 Å². The number of allylic oxidation sites excluding steroid dienone is 2. The third-order valence-corrected chi connectivity index (χ3v) is 2.26. The van der Waals surface area contributed by atoms with Crippen LogP contribution in [0.2, 0.25) is 5.15 Å². The molecule has 1 aliphatic rings. The second kappa shape index (κ2) is 3.47. The molecule has 76 valence electrons. The van der Waals surface area contributed by atoms with Gasteiger partial charge in [-0.2, -0.15) is 0 Å². The second-order valence-corrected chi connectivity index (χ2v) is 3.32. The molecule has 0 bridgehead atoms. The summed E-state index contributed by atoms with van der Waals surface area (Å²) in [4.78, 5) is 27.0. The third kappa shape index (κ3) is 1.53. The van der Waals surface area contributed by atoms with E-state index in [0.29, 0.717) is 0 Å². The first kappa shape index (κ1) is 9.86. The number of hydrogen-bond donors (Lipinski definition) is 0. The number of Topliss-reactive ketones (excluding diaryl/α,β-unsaturated/α-hetero) is 1. The molecule has 0 atom stereocenters. The van der Waals surface area contributed by atoms with Crippen LogP contribution in [0.1, 0.15) is 20.8 Å². The van der Waals surface area contributed by atoms with E-state index >= 15 is 0 Å². The third-order valence-electron chi connectivity index (χ3n) is 2.05. The molecule has 0 saturated carbocycles. The fourth-order valence-corrected chi connectivity index (χ4v) is 1.49. The van der Waals surface area contributed by atoms with Crippen molar-refractivity contribution < 1.29 is 14.3 Å². The molecule has 0 unspecified atom stereocenters. The molecule has 2 rings (SSSR count). The summed E-state index contributed by atoms with van der Waals surface area (Å²) in [7, 11) is 1.34. The highest BCUT2D eigenvalue weighted by atomic mass is 35.5. The number of carbonyl (C=O) groups excluding carboxylic acids is 2. The first-order valence-corrected chi connectivity index (χ1v) is 4.52. The molecule has 4 nitrogen and oxygen atoms in total. The van der Waals surface area contributed by atoms with E-state index in [1.165, 1.54) is 19.2 Å². The lowest BCUT2D eigenvalue weighted by Gasteiger charge is -2.12. The van der Waals surface area contributed by atoms with Crippen molar-refractivity contribution >= 4 is 23.2 Å². The minimum Gasteiger partial charge on any atom is -0.492 e. The van der Waals surface area contributed by atoms with Gasteiger partial charge in [-0.3, -0.25) is 9.59 Å². The molecule has 0 spiro atoms. The maximum atomic E-state index is 11.7. The average Bonchev–Trinajstić information content (AvgIpc) is 2.23. The molecule has 5 heteroatoms. The Kier molecular flexibility index (Phi) is 2.28. The van der Waals surface area contributed by atoms with Crippen molar-refractivity contribution in [3.05, 3.63) is 40.4 Å².